The summed E-state index contributed by atoms with van der Waals surface area (Å²) in [5, 5.41) is 10.9. The Balaban J connectivity index is 1.58. The Bertz CT molecular complexity index is 738. The fourth-order valence-corrected chi connectivity index (χ4v) is 2.41. The number of nitrogens with zero attached hydrogens (tertiary/aromatic N) is 4. The van der Waals surface area contributed by atoms with Crippen molar-refractivity contribution < 1.29 is 17.9 Å². The summed E-state index contributed by atoms with van der Waals surface area (Å²) in [6.45, 7) is 1.16. The Morgan fingerprint density at radius 1 is 1.29 bits per heavy atom. The molecular weight excluding hydrogens is 325 g/mol. The second-order valence-corrected chi connectivity index (χ2v) is 5.19. The first kappa shape index (κ1) is 16.1. The highest BCUT2D eigenvalue weighted by Crippen LogP contribution is 2.23. The van der Waals surface area contributed by atoms with E-state index in [1.165, 1.54) is 24.3 Å². The van der Waals surface area contributed by atoms with E-state index in [1.54, 1.807) is 0 Å². The predicted molar refractivity (Wildman–Crippen MR) is 80.4 cm³/mol. The second-order valence-electron chi connectivity index (χ2n) is 5.19. The van der Waals surface area contributed by atoms with Gasteiger partial charge in [-0.05, 0) is 30.7 Å². The number of guanidine groups is 1. The number of aromatic nitrogens is 3. The molecule has 0 amide bonds. The van der Waals surface area contributed by atoms with E-state index in [2.05, 4.69) is 25.2 Å². The molecule has 7 nitrogen and oxygen atoms in total. The molecule has 128 valence electrons. The standard InChI is InChI=1S/C14H15F3N6O/c15-14(16,17)24-10-5-3-9(4-6-10)20-13(18)19-8-12-22-21-11-2-1-7-23(11)12/h3-6H,1-2,7-8H2,(H3,18,19,20). The summed E-state index contributed by atoms with van der Waals surface area (Å²) in [6, 6.07) is 5.21. The van der Waals surface area contributed by atoms with E-state index < -0.39 is 6.36 Å². The summed E-state index contributed by atoms with van der Waals surface area (Å²) >= 11 is 0. The highest BCUT2D eigenvalue weighted by molar-refractivity contribution is 5.92. The van der Waals surface area contributed by atoms with Crippen molar-refractivity contribution in [3.05, 3.63) is 35.9 Å². The van der Waals surface area contributed by atoms with Crippen LogP contribution in [0.3, 0.4) is 0 Å². The number of anilines is 1. The normalized spacial score (nSPS) is 14.5. The Labute approximate surface area is 135 Å². The highest BCUT2D eigenvalue weighted by atomic mass is 19.4. The summed E-state index contributed by atoms with van der Waals surface area (Å²) in [6.07, 6.45) is -2.76. The van der Waals surface area contributed by atoms with Crippen molar-refractivity contribution in [2.75, 3.05) is 5.32 Å². The maximum absolute atomic E-state index is 12.1. The molecule has 0 fully saturated rings. The van der Waals surface area contributed by atoms with Gasteiger partial charge in [0.1, 0.15) is 18.1 Å². The average molecular weight is 340 g/mol. The van der Waals surface area contributed by atoms with Gasteiger partial charge in [0.15, 0.2) is 11.8 Å². The van der Waals surface area contributed by atoms with Crippen LogP contribution in [0.4, 0.5) is 18.9 Å². The number of hydrogen-bond acceptors (Lipinski definition) is 4. The molecule has 10 heteroatoms. The van der Waals surface area contributed by atoms with Crippen molar-refractivity contribution in [1.29, 1.82) is 0 Å². The number of aryl methyl sites for hydroxylation is 1. The maximum Gasteiger partial charge on any atom is 0.573 e. The van der Waals surface area contributed by atoms with Gasteiger partial charge in [-0.3, -0.25) is 0 Å². The number of hydrogen-bond donors (Lipinski definition) is 2. The minimum atomic E-state index is -4.71. The van der Waals surface area contributed by atoms with E-state index in [9.17, 15) is 13.2 Å². The summed E-state index contributed by atoms with van der Waals surface area (Å²) in [7, 11) is 0. The number of ether oxygens (including phenoxy) is 1. The molecule has 0 spiro atoms. The summed E-state index contributed by atoms with van der Waals surface area (Å²) in [4.78, 5) is 4.17. The third kappa shape index (κ3) is 3.94. The molecule has 0 aliphatic carbocycles. The molecule has 0 bridgehead atoms. The van der Waals surface area contributed by atoms with Gasteiger partial charge in [-0.25, -0.2) is 4.99 Å². The molecular formula is C14H15F3N6O. The maximum atomic E-state index is 12.1. The lowest BCUT2D eigenvalue weighted by molar-refractivity contribution is -0.274. The van der Waals surface area contributed by atoms with Crippen LogP contribution in [0.25, 0.3) is 0 Å². The van der Waals surface area contributed by atoms with Crippen LogP contribution in [-0.2, 0) is 19.5 Å². The van der Waals surface area contributed by atoms with Crippen LogP contribution in [0.2, 0.25) is 0 Å². The molecule has 0 saturated heterocycles. The summed E-state index contributed by atoms with van der Waals surface area (Å²) in [5.74, 6) is 1.52. The number of fused-ring (bicyclic) bond motifs is 1. The third-order valence-corrected chi connectivity index (χ3v) is 3.44. The van der Waals surface area contributed by atoms with Gasteiger partial charge >= 0.3 is 6.36 Å². The van der Waals surface area contributed by atoms with Crippen LogP contribution in [-0.4, -0.2) is 27.1 Å². The lowest BCUT2D eigenvalue weighted by atomic mass is 10.3. The van der Waals surface area contributed by atoms with Crippen molar-refractivity contribution in [3.63, 3.8) is 0 Å². The number of nitrogens with two attached hydrogens (primary N) is 1. The van der Waals surface area contributed by atoms with Crippen LogP contribution in [0.15, 0.2) is 29.3 Å². The zero-order valence-corrected chi connectivity index (χ0v) is 12.5. The topological polar surface area (TPSA) is 90.4 Å². The van der Waals surface area contributed by atoms with Gasteiger partial charge in [0.25, 0.3) is 0 Å². The van der Waals surface area contributed by atoms with E-state index in [0.29, 0.717) is 5.69 Å². The van der Waals surface area contributed by atoms with Gasteiger partial charge in [-0.2, -0.15) is 0 Å². The average Bonchev–Trinajstić information content (AvgIpc) is 3.09. The van der Waals surface area contributed by atoms with E-state index in [4.69, 9.17) is 5.73 Å². The molecule has 1 aliphatic heterocycles. The molecule has 1 aliphatic rings. The molecule has 0 unspecified atom stereocenters. The van der Waals surface area contributed by atoms with Crippen LogP contribution < -0.4 is 15.8 Å². The Kier molecular flexibility index (Phi) is 4.28. The Morgan fingerprint density at radius 3 is 2.75 bits per heavy atom. The van der Waals surface area contributed by atoms with Gasteiger partial charge in [0, 0.05) is 18.7 Å². The first-order chi connectivity index (χ1) is 11.4. The molecule has 1 aromatic heterocycles. The number of halogens is 3. The molecule has 3 rings (SSSR count). The van der Waals surface area contributed by atoms with Gasteiger partial charge in [-0.1, -0.05) is 0 Å². The largest absolute Gasteiger partial charge is 0.573 e. The highest BCUT2D eigenvalue weighted by Gasteiger charge is 2.30. The van der Waals surface area contributed by atoms with Crippen LogP contribution in [0, 0.1) is 0 Å². The first-order valence-corrected chi connectivity index (χ1v) is 7.24. The first-order valence-electron chi connectivity index (χ1n) is 7.24. The fraction of sp³-hybridized carbons (Fsp3) is 0.357. The lowest BCUT2D eigenvalue weighted by Gasteiger charge is -2.10. The van der Waals surface area contributed by atoms with Gasteiger partial charge in [-0.15, -0.1) is 23.4 Å². The van der Waals surface area contributed by atoms with Crippen molar-refractivity contribution >= 4 is 11.6 Å². The molecule has 3 N–H and O–H groups in total. The fourth-order valence-electron chi connectivity index (χ4n) is 2.41. The zero-order chi connectivity index (χ0) is 17.2. The molecule has 0 radical (unpaired) electrons. The Morgan fingerprint density at radius 2 is 2.04 bits per heavy atom. The van der Waals surface area contributed by atoms with Crippen molar-refractivity contribution in [1.82, 2.24) is 14.8 Å². The molecule has 24 heavy (non-hydrogen) atoms. The van der Waals surface area contributed by atoms with Gasteiger partial charge in [0.2, 0.25) is 0 Å². The second kappa shape index (κ2) is 6.38. The van der Waals surface area contributed by atoms with Crippen molar-refractivity contribution in [3.8, 4) is 5.75 Å². The molecule has 0 atom stereocenters. The molecule has 2 aromatic rings. The van der Waals surface area contributed by atoms with E-state index >= 15 is 0 Å². The SMILES string of the molecule is NC(=NCc1nnc2n1CCC2)Nc1ccc(OC(F)(F)F)cc1. The smallest absolute Gasteiger partial charge is 0.406 e. The zero-order valence-electron chi connectivity index (χ0n) is 12.5. The quantitative estimate of drug-likeness (QED) is 0.657. The molecule has 2 heterocycles. The summed E-state index contributed by atoms with van der Waals surface area (Å²) in [5.41, 5.74) is 6.27. The van der Waals surface area contributed by atoms with Crippen LogP contribution >= 0.6 is 0 Å². The number of rotatable bonds is 4. The van der Waals surface area contributed by atoms with Crippen LogP contribution in [0.1, 0.15) is 18.1 Å². The van der Waals surface area contributed by atoms with Crippen LogP contribution in [0.5, 0.6) is 5.75 Å². The number of nitrogens with one attached hydrogen (secondary N) is 1. The molecule has 1 aromatic carbocycles. The van der Waals surface area contributed by atoms with E-state index in [-0.39, 0.29) is 18.3 Å². The van der Waals surface area contributed by atoms with Gasteiger partial charge < -0.3 is 20.4 Å². The number of benzene rings is 1. The number of alkyl halides is 3. The summed E-state index contributed by atoms with van der Waals surface area (Å²) < 4.78 is 42.1. The Hall–Kier alpha value is -2.78. The number of aliphatic imine (C=N–C) groups is 1. The minimum Gasteiger partial charge on any atom is -0.406 e. The predicted octanol–water partition coefficient (Wildman–Crippen LogP) is 2.05. The van der Waals surface area contributed by atoms with E-state index in [1.807, 2.05) is 4.57 Å². The minimum absolute atomic E-state index is 0.134. The molecule has 0 saturated carbocycles. The van der Waals surface area contributed by atoms with E-state index in [0.717, 1.165) is 31.0 Å². The van der Waals surface area contributed by atoms with Crippen molar-refractivity contribution in [2.24, 2.45) is 10.7 Å². The van der Waals surface area contributed by atoms with Crippen molar-refractivity contribution in [2.45, 2.75) is 32.3 Å². The lowest BCUT2D eigenvalue weighted by Crippen LogP contribution is -2.23. The third-order valence-electron chi connectivity index (χ3n) is 3.44. The van der Waals surface area contributed by atoms with Gasteiger partial charge in [0.05, 0.1) is 0 Å². The monoisotopic (exact) mass is 340 g/mol.